The number of fused-ring (bicyclic) bond motifs is 2. The van der Waals surface area contributed by atoms with E-state index >= 15 is 0 Å². The van der Waals surface area contributed by atoms with Gasteiger partial charge in [0.2, 0.25) is 0 Å². The monoisotopic (exact) mass is 175 g/mol. The van der Waals surface area contributed by atoms with Gasteiger partial charge in [0.1, 0.15) is 0 Å². The highest BCUT2D eigenvalue weighted by Gasteiger charge is 2.55. The molecule has 2 bridgehead atoms. The molecule has 1 nitrogen and oxygen atoms in total. The Balaban J connectivity index is 2.47. The molecule has 0 N–H and O–H groups in total. The second-order valence-electron chi connectivity index (χ2n) is 5.41. The Morgan fingerprint density at radius 3 is 2.62 bits per heavy atom. The minimum Gasteiger partial charge on any atom is -0.193 e. The first-order chi connectivity index (χ1) is 6.00. The van der Waals surface area contributed by atoms with Crippen LogP contribution in [-0.4, -0.2) is 0 Å². The van der Waals surface area contributed by atoms with Crippen LogP contribution in [0.3, 0.4) is 0 Å². The summed E-state index contributed by atoms with van der Waals surface area (Å²) in [7, 11) is 0. The summed E-state index contributed by atoms with van der Waals surface area (Å²) < 4.78 is 0. The zero-order chi connectivity index (χ0) is 9.69. The maximum Gasteiger partial charge on any atom is 0.0911 e. The Bertz CT molecular complexity index is 299. The molecule has 1 heteroatoms. The lowest BCUT2D eigenvalue weighted by Crippen LogP contribution is -2.26. The quantitative estimate of drug-likeness (QED) is 0.518. The molecule has 0 aliphatic heterocycles. The molecule has 2 aliphatic carbocycles. The van der Waals surface area contributed by atoms with Gasteiger partial charge in [0.05, 0.1) is 6.07 Å². The minimum atomic E-state index is 0.280. The van der Waals surface area contributed by atoms with Crippen LogP contribution in [0.4, 0.5) is 0 Å². The first-order valence-electron chi connectivity index (χ1n) is 5.11. The van der Waals surface area contributed by atoms with Crippen molar-refractivity contribution in [3.8, 4) is 6.07 Å². The summed E-state index contributed by atoms with van der Waals surface area (Å²) in [5.74, 6) is 0.817. The van der Waals surface area contributed by atoms with Gasteiger partial charge >= 0.3 is 0 Å². The van der Waals surface area contributed by atoms with Crippen molar-refractivity contribution in [1.82, 2.24) is 0 Å². The molecule has 2 atom stereocenters. The lowest BCUT2D eigenvalue weighted by molar-refractivity contribution is 0.274. The lowest BCUT2D eigenvalue weighted by Gasteiger charge is -2.36. The second kappa shape index (κ2) is 2.38. The van der Waals surface area contributed by atoms with E-state index in [9.17, 15) is 0 Å². The van der Waals surface area contributed by atoms with Crippen molar-refractivity contribution >= 4 is 0 Å². The summed E-state index contributed by atoms with van der Waals surface area (Å²) in [5, 5.41) is 8.78. The van der Waals surface area contributed by atoms with Gasteiger partial charge in [0.25, 0.3) is 0 Å². The molecule has 0 spiro atoms. The smallest absolute Gasteiger partial charge is 0.0911 e. The van der Waals surface area contributed by atoms with Gasteiger partial charge < -0.3 is 0 Å². The molecule has 2 fully saturated rings. The lowest BCUT2D eigenvalue weighted by atomic mass is 9.68. The Morgan fingerprint density at radius 1 is 1.46 bits per heavy atom. The SMILES string of the molecule is CC12CCC(C1)C(C)(C)/C2=C\C#N. The highest BCUT2D eigenvalue weighted by atomic mass is 14.6. The summed E-state index contributed by atoms with van der Waals surface area (Å²) in [4.78, 5) is 0. The highest BCUT2D eigenvalue weighted by molar-refractivity contribution is 5.34. The molecule has 0 aromatic heterocycles. The first-order valence-corrected chi connectivity index (χ1v) is 5.11. The molecule has 0 radical (unpaired) electrons. The van der Waals surface area contributed by atoms with Crippen LogP contribution in [0.5, 0.6) is 0 Å². The van der Waals surface area contributed by atoms with E-state index in [0.717, 1.165) is 5.92 Å². The van der Waals surface area contributed by atoms with E-state index in [1.807, 2.05) is 0 Å². The van der Waals surface area contributed by atoms with E-state index in [-0.39, 0.29) is 5.41 Å². The Morgan fingerprint density at radius 2 is 2.15 bits per heavy atom. The molecule has 2 rings (SSSR count). The molecule has 70 valence electrons. The number of hydrogen-bond donors (Lipinski definition) is 0. The second-order valence-corrected chi connectivity index (χ2v) is 5.41. The third kappa shape index (κ3) is 0.981. The number of nitrogens with zero attached hydrogens (tertiary/aromatic N) is 1. The molecule has 0 aromatic carbocycles. The first kappa shape index (κ1) is 8.81. The summed E-state index contributed by atoms with van der Waals surface area (Å²) in [5.41, 5.74) is 2.03. The average molecular weight is 175 g/mol. The van der Waals surface area contributed by atoms with Crippen molar-refractivity contribution in [3.63, 3.8) is 0 Å². The minimum absolute atomic E-state index is 0.280. The Hall–Kier alpha value is -0.770. The van der Waals surface area contributed by atoms with E-state index in [0.29, 0.717) is 5.41 Å². The molecule has 0 heterocycles. The third-order valence-corrected chi connectivity index (χ3v) is 4.32. The normalized spacial score (nSPS) is 43.8. The van der Waals surface area contributed by atoms with Gasteiger partial charge in [0, 0.05) is 6.08 Å². The molecular formula is C12H17N. The van der Waals surface area contributed by atoms with Crippen LogP contribution in [0.2, 0.25) is 0 Å². The van der Waals surface area contributed by atoms with Crippen LogP contribution in [0.1, 0.15) is 40.0 Å². The number of hydrogen-bond acceptors (Lipinski definition) is 1. The van der Waals surface area contributed by atoms with Crippen LogP contribution in [0.25, 0.3) is 0 Å². The molecule has 2 unspecified atom stereocenters. The summed E-state index contributed by atoms with van der Waals surface area (Å²) in [6.45, 7) is 6.92. The third-order valence-electron chi connectivity index (χ3n) is 4.32. The van der Waals surface area contributed by atoms with Crippen LogP contribution in [-0.2, 0) is 0 Å². The molecule has 0 saturated heterocycles. The van der Waals surface area contributed by atoms with Crippen LogP contribution >= 0.6 is 0 Å². The maximum atomic E-state index is 8.78. The van der Waals surface area contributed by atoms with Crippen molar-refractivity contribution < 1.29 is 0 Å². The molecule has 13 heavy (non-hydrogen) atoms. The predicted octanol–water partition coefficient (Wildman–Crippen LogP) is 3.28. The van der Waals surface area contributed by atoms with E-state index < -0.39 is 0 Å². The molecular weight excluding hydrogens is 158 g/mol. The number of allylic oxidation sites excluding steroid dienone is 2. The van der Waals surface area contributed by atoms with Crippen molar-refractivity contribution in [2.45, 2.75) is 40.0 Å². The Kier molecular flexibility index (Phi) is 1.61. The largest absolute Gasteiger partial charge is 0.193 e. The zero-order valence-electron chi connectivity index (χ0n) is 8.72. The summed E-state index contributed by atoms with van der Waals surface area (Å²) >= 11 is 0. The van der Waals surface area contributed by atoms with Gasteiger partial charge in [-0.3, -0.25) is 0 Å². The average Bonchev–Trinajstić information content (AvgIpc) is 2.50. The van der Waals surface area contributed by atoms with Gasteiger partial charge in [-0.1, -0.05) is 20.8 Å². The van der Waals surface area contributed by atoms with Crippen LogP contribution in [0.15, 0.2) is 11.6 Å². The van der Waals surface area contributed by atoms with Gasteiger partial charge in [-0.15, -0.1) is 0 Å². The summed E-state index contributed by atoms with van der Waals surface area (Å²) in [6, 6.07) is 2.21. The molecule has 0 amide bonds. The topological polar surface area (TPSA) is 23.8 Å². The standard InChI is InChI=1S/C12H17N/c1-11(2)9-4-6-12(3,8-9)10(11)5-7-13/h5,9H,4,6,8H2,1-3H3/b10-5+. The Labute approximate surface area is 80.4 Å². The van der Waals surface area contributed by atoms with Gasteiger partial charge in [-0.25, -0.2) is 0 Å². The molecule has 2 aliphatic rings. The highest BCUT2D eigenvalue weighted by Crippen LogP contribution is 2.65. The van der Waals surface area contributed by atoms with Crippen molar-refractivity contribution in [2.75, 3.05) is 0 Å². The van der Waals surface area contributed by atoms with Crippen molar-refractivity contribution in [2.24, 2.45) is 16.7 Å². The fraction of sp³-hybridized carbons (Fsp3) is 0.750. The fourth-order valence-corrected chi connectivity index (χ4v) is 3.52. The number of nitriles is 1. The van der Waals surface area contributed by atoms with Crippen LogP contribution in [0, 0.1) is 28.1 Å². The predicted molar refractivity (Wildman–Crippen MR) is 52.9 cm³/mol. The molecule has 0 aromatic rings. The van der Waals surface area contributed by atoms with E-state index in [1.165, 1.54) is 24.8 Å². The van der Waals surface area contributed by atoms with Crippen molar-refractivity contribution in [1.29, 1.82) is 5.26 Å². The van der Waals surface area contributed by atoms with Gasteiger partial charge in [-0.05, 0) is 41.6 Å². The van der Waals surface area contributed by atoms with Crippen molar-refractivity contribution in [3.05, 3.63) is 11.6 Å². The van der Waals surface area contributed by atoms with E-state index in [2.05, 4.69) is 26.8 Å². The maximum absolute atomic E-state index is 8.78. The summed E-state index contributed by atoms with van der Waals surface area (Å²) in [6.07, 6.45) is 5.74. The van der Waals surface area contributed by atoms with Crippen LogP contribution < -0.4 is 0 Å². The van der Waals surface area contributed by atoms with Gasteiger partial charge in [0.15, 0.2) is 0 Å². The fourth-order valence-electron chi connectivity index (χ4n) is 3.52. The number of rotatable bonds is 0. The van der Waals surface area contributed by atoms with Gasteiger partial charge in [-0.2, -0.15) is 5.26 Å². The van der Waals surface area contributed by atoms with E-state index in [1.54, 1.807) is 6.08 Å². The van der Waals surface area contributed by atoms with E-state index in [4.69, 9.17) is 5.26 Å². The zero-order valence-corrected chi connectivity index (χ0v) is 8.72. The molecule has 2 saturated carbocycles.